The van der Waals surface area contributed by atoms with E-state index in [0.717, 1.165) is 0 Å². The van der Waals surface area contributed by atoms with E-state index in [1.54, 1.807) is 0 Å². The van der Waals surface area contributed by atoms with Crippen LogP contribution < -0.4 is 5.32 Å². The molecule has 1 aliphatic heterocycles. The van der Waals surface area contributed by atoms with Gasteiger partial charge in [0.05, 0.1) is 0 Å². The molecule has 0 bridgehead atoms. The van der Waals surface area contributed by atoms with Gasteiger partial charge in [0.15, 0.2) is 0 Å². The Morgan fingerprint density at radius 1 is 1.54 bits per heavy atom. The summed E-state index contributed by atoms with van der Waals surface area (Å²) in [6, 6.07) is 0. The van der Waals surface area contributed by atoms with Gasteiger partial charge >= 0.3 is 18.1 Å². The number of hydrogen-bond acceptors (Lipinski definition) is 4. The molecule has 0 aromatic rings. The van der Waals surface area contributed by atoms with Gasteiger partial charge in [0.1, 0.15) is 6.67 Å². The molecule has 13 heavy (non-hydrogen) atoms. The summed E-state index contributed by atoms with van der Waals surface area (Å²) in [7, 11) is 0. The highest BCUT2D eigenvalue weighted by Crippen LogP contribution is 2.16. The van der Waals surface area contributed by atoms with E-state index >= 15 is 0 Å². The van der Waals surface area contributed by atoms with Crippen molar-refractivity contribution >= 4 is 17.8 Å². The van der Waals surface area contributed by atoms with Crippen LogP contribution in [0.15, 0.2) is 4.99 Å². The number of alkyl halides is 3. The number of hydrogen-bond donors (Lipinski definition) is 1. The molecule has 0 unspecified atom stereocenters. The number of carbonyl (C=O) groups is 2. The molecule has 0 aromatic carbocycles. The second kappa shape index (κ2) is 3.04. The number of halogens is 3. The van der Waals surface area contributed by atoms with Crippen LogP contribution in [0.4, 0.5) is 13.2 Å². The number of rotatable bonds is 0. The monoisotopic (exact) mass is 196 g/mol. The van der Waals surface area contributed by atoms with Crippen molar-refractivity contribution in [2.24, 2.45) is 4.99 Å². The van der Waals surface area contributed by atoms with Crippen LogP contribution in [0.3, 0.4) is 0 Å². The van der Waals surface area contributed by atoms with Gasteiger partial charge in [0.2, 0.25) is 0 Å². The van der Waals surface area contributed by atoms with Gasteiger partial charge < -0.3 is 10.1 Å². The summed E-state index contributed by atoms with van der Waals surface area (Å²) in [6.07, 6.45) is -5.12. The van der Waals surface area contributed by atoms with Crippen molar-refractivity contribution in [1.82, 2.24) is 5.32 Å². The molecular weight excluding hydrogens is 193 g/mol. The number of nitrogens with zero attached hydrogens (tertiary/aromatic N) is 1. The second-order valence-electron chi connectivity index (χ2n) is 2.01. The third-order valence-electron chi connectivity index (χ3n) is 1.08. The lowest BCUT2D eigenvalue weighted by atomic mass is 10.6. The van der Waals surface area contributed by atoms with Crippen molar-refractivity contribution in [3.05, 3.63) is 0 Å². The van der Waals surface area contributed by atoms with Crippen molar-refractivity contribution in [2.45, 2.75) is 6.18 Å². The Hall–Kier alpha value is -1.60. The fraction of sp³-hybridized carbons (Fsp3) is 0.400. The molecule has 1 heterocycles. The maximum Gasteiger partial charge on any atom is 0.491 e. The van der Waals surface area contributed by atoms with Crippen LogP contribution in [-0.4, -0.2) is 30.6 Å². The summed E-state index contributed by atoms with van der Waals surface area (Å²) in [5, 5.41) is 2.04. The summed E-state index contributed by atoms with van der Waals surface area (Å²) in [4.78, 5) is 23.9. The van der Waals surface area contributed by atoms with Gasteiger partial charge in [-0.15, -0.1) is 0 Å². The predicted molar refractivity (Wildman–Crippen MR) is 32.6 cm³/mol. The molecule has 0 saturated heterocycles. The standard InChI is InChI=1S/C5H3F3N2O3/c6-5(7,8)4(12)13-3-2(11)9-1-10-3/h1H2,(H,9,11). The zero-order valence-corrected chi connectivity index (χ0v) is 6.01. The van der Waals surface area contributed by atoms with E-state index in [2.05, 4.69) is 9.73 Å². The average molecular weight is 196 g/mol. The van der Waals surface area contributed by atoms with Gasteiger partial charge in [0, 0.05) is 0 Å². The lowest BCUT2D eigenvalue weighted by Gasteiger charge is -2.03. The number of ether oxygens (including phenoxy) is 1. The smallest absolute Gasteiger partial charge is 0.395 e. The minimum Gasteiger partial charge on any atom is -0.395 e. The summed E-state index contributed by atoms with van der Waals surface area (Å²) >= 11 is 0. The summed E-state index contributed by atoms with van der Waals surface area (Å²) in [5.74, 6) is -4.25. The topological polar surface area (TPSA) is 67.8 Å². The second-order valence-corrected chi connectivity index (χ2v) is 2.01. The van der Waals surface area contributed by atoms with Crippen molar-refractivity contribution in [3.8, 4) is 0 Å². The number of nitrogens with one attached hydrogen (secondary N) is 1. The van der Waals surface area contributed by atoms with Gasteiger partial charge in [-0.25, -0.2) is 9.79 Å². The van der Waals surface area contributed by atoms with E-state index in [9.17, 15) is 22.8 Å². The van der Waals surface area contributed by atoms with Crippen LogP contribution in [0.5, 0.6) is 0 Å². The quantitative estimate of drug-likeness (QED) is 0.535. The van der Waals surface area contributed by atoms with Gasteiger partial charge in [0.25, 0.3) is 5.90 Å². The van der Waals surface area contributed by atoms with Gasteiger partial charge in [-0.2, -0.15) is 13.2 Å². The maximum atomic E-state index is 11.6. The van der Waals surface area contributed by atoms with E-state index in [-0.39, 0.29) is 6.67 Å². The van der Waals surface area contributed by atoms with Crippen LogP contribution in [0.2, 0.25) is 0 Å². The molecule has 0 aliphatic carbocycles. The van der Waals surface area contributed by atoms with E-state index in [0.29, 0.717) is 0 Å². The molecule has 5 nitrogen and oxygen atoms in total. The van der Waals surface area contributed by atoms with Gasteiger partial charge in [-0.05, 0) is 0 Å². The minimum absolute atomic E-state index is 0.181. The number of carbonyl (C=O) groups excluding carboxylic acids is 2. The van der Waals surface area contributed by atoms with Crippen LogP contribution in [0, 0.1) is 0 Å². The first-order valence-corrected chi connectivity index (χ1v) is 3.03. The van der Waals surface area contributed by atoms with Crippen LogP contribution >= 0.6 is 0 Å². The molecule has 0 spiro atoms. The molecule has 0 atom stereocenters. The van der Waals surface area contributed by atoms with Crippen molar-refractivity contribution in [2.75, 3.05) is 6.67 Å². The Morgan fingerprint density at radius 3 is 2.54 bits per heavy atom. The molecule has 8 heteroatoms. The highest BCUT2D eigenvalue weighted by Gasteiger charge is 2.43. The Balaban J connectivity index is 2.60. The lowest BCUT2D eigenvalue weighted by Crippen LogP contribution is -2.32. The highest BCUT2D eigenvalue weighted by atomic mass is 19.4. The highest BCUT2D eigenvalue weighted by molar-refractivity contribution is 6.38. The number of esters is 1. The summed E-state index contributed by atoms with van der Waals surface area (Å²) < 4.78 is 38.4. The van der Waals surface area contributed by atoms with Crippen LogP contribution in [-0.2, 0) is 14.3 Å². The first kappa shape index (κ1) is 9.49. The summed E-state index contributed by atoms with van der Waals surface area (Å²) in [6.45, 7) is -0.181. The first-order chi connectivity index (χ1) is 5.91. The fourth-order valence-electron chi connectivity index (χ4n) is 0.555. The summed E-state index contributed by atoms with van der Waals surface area (Å²) in [5.41, 5.74) is 0. The van der Waals surface area contributed by atoms with E-state index < -0.39 is 24.0 Å². The molecule has 1 aliphatic rings. The molecule has 1 amide bonds. The zero-order valence-electron chi connectivity index (χ0n) is 6.01. The third-order valence-corrected chi connectivity index (χ3v) is 1.08. The SMILES string of the molecule is O=C1NCN=C1OC(=O)C(F)(F)F. The maximum absolute atomic E-state index is 11.6. The molecule has 0 radical (unpaired) electrons. The van der Waals surface area contributed by atoms with Gasteiger partial charge in [-0.3, -0.25) is 4.79 Å². The number of amides is 1. The Labute approximate surface area is 69.6 Å². The zero-order chi connectivity index (χ0) is 10.1. The van der Waals surface area contributed by atoms with Crippen molar-refractivity contribution < 1.29 is 27.5 Å². The molecule has 0 saturated carbocycles. The third kappa shape index (κ3) is 2.17. The average Bonchev–Trinajstić information content (AvgIpc) is 2.34. The van der Waals surface area contributed by atoms with E-state index in [4.69, 9.17) is 0 Å². The molecular formula is C5H3F3N2O3. The Bertz CT molecular complexity index is 283. The number of aliphatic imine (C=N–C) groups is 1. The largest absolute Gasteiger partial charge is 0.491 e. The molecule has 0 fully saturated rings. The molecule has 72 valence electrons. The normalized spacial score (nSPS) is 16.5. The van der Waals surface area contributed by atoms with Crippen LogP contribution in [0.25, 0.3) is 0 Å². The van der Waals surface area contributed by atoms with Crippen molar-refractivity contribution in [3.63, 3.8) is 0 Å². The minimum atomic E-state index is -5.12. The Morgan fingerprint density at radius 2 is 2.15 bits per heavy atom. The molecule has 1 rings (SSSR count). The Kier molecular flexibility index (Phi) is 2.22. The first-order valence-electron chi connectivity index (χ1n) is 3.03. The fourth-order valence-corrected chi connectivity index (χ4v) is 0.555. The van der Waals surface area contributed by atoms with Gasteiger partial charge in [-0.1, -0.05) is 0 Å². The van der Waals surface area contributed by atoms with Crippen molar-refractivity contribution in [1.29, 1.82) is 0 Å². The van der Waals surface area contributed by atoms with Crippen LogP contribution in [0.1, 0.15) is 0 Å². The molecule has 0 aromatic heterocycles. The lowest BCUT2D eigenvalue weighted by molar-refractivity contribution is -0.191. The molecule has 1 N–H and O–H groups in total. The van der Waals surface area contributed by atoms with E-state index in [1.165, 1.54) is 0 Å². The predicted octanol–water partition coefficient (Wildman–Crippen LogP) is -0.422. The van der Waals surface area contributed by atoms with E-state index in [1.807, 2.05) is 5.32 Å².